The van der Waals surface area contributed by atoms with E-state index in [2.05, 4.69) is 16.7 Å². The number of carbonyl (C=O) groups is 3. The number of hydrogen-bond donors (Lipinski definition) is 0. The first kappa shape index (κ1) is 27.8. The van der Waals surface area contributed by atoms with Crippen LogP contribution in [0.25, 0.3) is 0 Å². The van der Waals surface area contributed by atoms with Gasteiger partial charge in [0.1, 0.15) is 0 Å². The predicted octanol–water partition coefficient (Wildman–Crippen LogP) is 4.37. The Morgan fingerprint density at radius 3 is 2.35 bits per heavy atom. The Balaban J connectivity index is 1.37. The summed E-state index contributed by atoms with van der Waals surface area (Å²) in [5.41, 5.74) is 2.21. The van der Waals surface area contributed by atoms with Crippen molar-refractivity contribution in [1.82, 2.24) is 9.80 Å². The molecule has 40 heavy (non-hydrogen) atoms. The number of methoxy groups -OCH3 is 3. The van der Waals surface area contributed by atoms with Gasteiger partial charge in [-0.1, -0.05) is 13.0 Å². The van der Waals surface area contributed by atoms with Crippen molar-refractivity contribution in [2.24, 2.45) is 11.8 Å². The molecule has 3 aliphatic rings. The normalized spacial score (nSPS) is 18.6. The number of carbonyl (C=O) groups excluding carboxylic acids is 3. The molecule has 1 atom stereocenters. The van der Waals surface area contributed by atoms with Crippen LogP contribution in [0.15, 0.2) is 30.3 Å². The number of imide groups is 1. The fourth-order valence-electron chi connectivity index (χ4n) is 5.96. The summed E-state index contributed by atoms with van der Waals surface area (Å²) >= 11 is 0. The molecule has 0 N–H and O–H groups in total. The van der Waals surface area contributed by atoms with Gasteiger partial charge in [-0.15, -0.1) is 0 Å². The molecule has 1 saturated carbocycles. The number of amides is 3. The van der Waals surface area contributed by atoms with E-state index in [-0.39, 0.29) is 30.2 Å². The smallest absolute Gasteiger partial charge is 0.263 e. The first-order chi connectivity index (χ1) is 19.4. The Kier molecular flexibility index (Phi) is 8.19. The maximum atomic E-state index is 13.8. The zero-order chi connectivity index (χ0) is 28.4. The van der Waals surface area contributed by atoms with Gasteiger partial charge in [-0.2, -0.15) is 0 Å². The fraction of sp³-hybridized carbons (Fsp3) is 0.516. The molecule has 9 heteroatoms. The maximum absolute atomic E-state index is 13.8. The number of nitrogens with zero attached hydrogens (tertiary/aromatic N) is 3. The van der Waals surface area contributed by atoms with E-state index in [0.29, 0.717) is 46.4 Å². The molecule has 9 nitrogen and oxygen atoms in total. The SMILES string of the molecule is CCCN(CC1CC1)C(=O)[C@H]1CCCN(c2cccc3c2C(=O)N(Cc2cc(OC)c(OC)c(OC)c2)C3=O)C1. The van der Waals surface area contributed by atoms with Gasteiger partial charge in [-0.3, -0.25) is 19.3 Å². The lowest BCUT2D eigenvalue weighted by Gasteiger charge is -2.37. The minimum Gasteiger partial charge on any atom is -0.493 e. The zero-order valence-electron chi connectivity index (χ0n) is 23.9. The summed E-state index contributed by atoms with van der Waals surface area (Å²) in [6.07, 6.45) is 5.07. The van der Waals surface area contributed by atoms with Crippen molar-refractivity contribution in [3.8, 4) is 17.2 Å². The fourth-order valence-corrected chi connectivity index (χ4v) is 5.96. The molecular weight excluding hydrogens is 510 g/mol. The number of anilines is 1. The molecule has 0 spiro atoms. The first-order valence-electron chi connectivity index (χ1n) is 14.2. The standard InChI is InChI=1S/C31H39N3O6/c1-5-13-33(17-20-11-12-20)29(35)22-8-7-14-32(19-22)24-10-6-9-23-27(24)31(37)34(30(23)36)18-21-15-25(38-2)28(40-4)26(16-21)39-3/h6,9-10,15-16,20,22H,5,7-8,11-14,17-19H2,1-4H3/t22-/m0/s1. The summed E-state index contributed by atoms with van der Waals surface area (Å²) < 4.78 is 16.3. The molecule has 1 saturated heterocycles. The lowest BCUT2D eigenvalue weighted by atomic mass is 9.94. The van der Waals surface area contributed by atoms with Crippen LogP contribution in [0.3, 0.4) is 0 Å². The topological polar surface area (TPSA) is 88.6 Å². The Bertz CT molecular complexity index is 1260. The van der Waals surface area contributed by atoms with Crippen molar-refractivity contribution >= 4 is 23.4 Å². The second-order valence-corrected chi connectivity index (χ2v) is 10.9. The zero-order valence-corrected chi connectivity index (χ0v) is 23.9. The molecule has 0 radical (unpaired) electrons. The molecule has 2 fully saturated rings. The quantitative estimate of drug-likeness (QED) is 0.385. The highest BCUT2D eigenvalue weighted by atomic mass is 16.5. The van der Waals surface area contributed by atoms with E-state index in [1.807, 2.05) is 12.1 Å². The molecule has 214 valence electrons. The monoisotopic (exact) mass is 549 g/mol. The molecule has 3 amide bonds. The van der Waals surface area contributed by atoms with Crippen molar-refractivity contribution in [3.63, 3.8) is 0 Å². The van der Waals surface area contributed by atoms with Gasteiger partial charge >= 0.3 is 0 Å². The molecule has 1 aliphatic carbocycles. The summed E-state index contributed by atoms with van der Waals surface area (Å²) in [6.45, 7) is 5.11. The van der Waals surface area contributed by atoms with Crippen LogP contribution in [0.4, 0.5) is 5.69 Å². The third-order valence-corrected chi connectivity index (χ3v) is 8.13. The van der Waals surface area contributed by atoms with Gasteiger partial charge in [-0.05, 0) is 67.9 Å². The minimum absolute atomic E-state index is 0.0662. The van der Waals surface area contributed by atoms with Gasteiger partial charge in [-0.25, -0.2) is 0 Å². The average Bonchev–Trinajstić information content (AvgIpc) is 3.78. The number of rotatable bonds is 11. The van der Waals surface area contributed by atoms with E-state index in [4.69, 9.17) is 14.2 Å². The highest BCUT2D eigenvalue weighted by Gasteiger charge is 2.40. The van der Waals surface area contributed by atoms with Gasteiger partial charge in [0.2, 0.25) is 11.7 Å². The van der Waals surface area contributed by atoms with Crippen LogP contribution >= 0.6 is 0 Å². The largest absolute Gasteiger partial charge is 0.493 e. The van der Waals surface area contributed by atoms with Gasteiger partial charge in [0.15, 0.2) is 11.5 Å². The van der Waals surface area contributed by atoms with E-state index < -0.39 is 0 Å². The summed E-state index contributed by atoms with van der Waals surface area (Å²) in [5, 5.41) is 0. The summed E-state index contributed by atoms with van der Waals surface area (Å²) in [6, 6.07) is 8.92. The van der Waals surface area contributed by atoms with Gasteiger partial charge < -0.3 is 24.0 Å². The third-order valence-electron chi connectivity index (χ3n) is 8.13. The number of benzene rings is 2. The average molecular weight is 550 g/mol. The first-order valence-corrected chi connectivity index (χ1v) is 14.2. The van der Waals surface area contributed by atoms with Crippen LogP contribution in [0.2, 0.25) is 0 Å². The number of hydrogen-bond acceptors (Lipinski definition) is 7. The second kappa shape index (κ2) is 11.8. The summed E-state index contributed by atoms with van der Waals surface area (Å²) in [7, 11) is 4.58. The van der Waals surface area contributed by atoms with Crippen molar-refractivity contribution in [3.05, 3.63) is 47.0 Å². The van der Waals surface area contributed by atoms with E-state index in [9.17, 15) is 14.4 Å². The third kappa shape index (κ3) is 5.33. The molecule has 0 unspecified atom stereocenters. The number of piperidine rings is 1. The van der Waals surface area contributed by atoms with Crippen LogP contribution in [-0.2, 0) is 11.3 Å². The van der Waals surface area contributed by atoms with E-state index in [0.717, 1.165) is 44.6 Å². The second-order valence-electron chi connectivity index (χ2n) is 10.9. The van der Waals surface area contributed by atoms with Crippen molar-refractivity contribution in [1.29, 1.82) is 0 Å². The van der Waals surface area contributed by atoms with Crippen molar-refractivity contribution in [2.75, 3.05) is 52.4 Å². The molecule has 2 aromatic rings. The minimum atomic E-state index is -0.334. The molecule has 0 bridgehead atoms. The van der Waals surface area contributed by atoms with Crippen LogP contribution in [0, 0.1) is 11.8 Å². The number of fused-ring (bicyclic) bond motifs is 1. The van der Waals surface area contributed by atoms with Crippen molar-refractivity contribution in [2.45, 2.75) is 45.6 Å². The Morgan fingerprint density at radius 2 is 1.73 bits per heavy atom. The maximum Gasteiger partial charge on any atom is 0.263 e. The highest BCUT2D eigenvalue weighted by Crippen LogP contribution is 2.40. The van der Waals surface area contributed by atoms with E-state index in [1.165, 1.54) is 39.1 Å². The van der Waals surface area contributed by atoms with Gasteiger partial charge in [0, 0.05) is 26.2 Å². The van der Waals surface area contributed by atoms with Crippen LogP contribution in [0.5, 0.6) is 17.2 Å². The van der Waals surface area contributed by atoms with Crippen molar-refractivity contribution < 1.29 is 28.6 Å². The molecule has 2 heterocycles. The lowest BCUT2D eigenvalue weighted by molar-refractivity contribution is -0.136. The molecule has 5 rings (SSSR count). The Hall–Kier alpha value is -3.75. The van der Waals surface area contributed by atoms with E-state index >= 15 is 0 Å². The lowest BCUT2D eigenvalue weighted by Crippen LogP contribution is -2.46. The Morgan fingerprint density at radius 1 is 1.00 bits per heavy atom. The van der Waals surface area contributed by atoms with Crippen LogP contribution in [0.1, 0.15) is 65.3 Å². The Labute approximate surface area is 236 Å². The van der Waals surface area contributed by atoms with Crippen LogP contribution < -0.4 is 19.1 Å². The van der Waals surface area contributed by atoms with Crippen LogP contribution in [-0.4, -0.2) is 75.0 Å². The molecule has 0 aromatic heterocycles. The summed E-state index contributed by atoms with van der Waals surface area (Å²) in [4.78, 5) is 46.2. The van der Waals surface area contributed by atoms with E-state index in [1.54, 1.807) is 18.2 Å². The highest BCUT2D eigenvalue weighted by molar-refractivity contribution is 6.23. The molecule has 2 aromatic carbocycles. The summed E-state index contributed by atoms with van der Waals surface area (Å²) in [5.74, 6) is 1.44. The molecule has 2 aliphatic heterocycles. The van der Waals surface area contributed by atoms with Gasteiger partial charge in [0.25, 0.3) is 11.8 Å². The van der Waals surface area contributed by atoms with Gasteiger partial charge in [0.05, 0.1) is 50.6 Å². The number of ether oxygens (including phenoxy) is 3. The predicted molar refractivity (Wildman–Crippen MR) is 151 cm³/mol. The molecular formula is C31H39N3O6.